The van der Waals surface area contributed by atoms with E-state index in [0.29, 0.717) is 6.61 Å². The van der Waals surface area contributed by atoms with Gasteiger partial charge in [0.25, 0.3) is 0 Å². The minimum atomic E-state index is -0.0236. The molecule has 0 aliphatic carbocycles. The van der Waals surface area contributed by atoms with E-state index in [2.05, 4.69) is 32.2 Å². The van der Waals surface area contributed by atoms with E-state index in [9.17, 15) is 0 Å². The third-order valence-electron chi connectivity index (χ3n) is 4.10. The summed E-state index contributed by atoms with van der Waals surface area (Å²) in [5, 5.41) is 3.22. The summed E-state index contributed by atoms with van der Waals surface area (Å²) in [6, 6.07) is 6.35. The molecule has 0 saturated carbocycles. The van der Waals surface area contributed by atoms with Gasteiger partial charge in [-0.25, -0.2) is 0 Å². The lowest BCUT2D eigenvalue weighted by Crippen LogP contribution is -2.24. The fraction of sp³-hybridized carbons (Fsp3) is 0.647. The fourth-order valence-electron chi connectivity index (χ4n) is 2.62. The molecule has 0 aromatic heterocycles. The van der Waals surface area contributed by atoms with Gasteiger partial charge < -0.3 is 19.5 Å². The van der Waals surface area contributed by atoms with Gasteiger partial charge in [-0.05, 0) is 58.4 Å². The van der Waals surface area contributed by atoms with Crippen LogP contribution < -0.4 is 14.8 Å². The molecule has 2 rings (SSSR count). The Morgan fingerprint density at radius 1 is 1.38 bits per heavy atom. The maximum absolute atomic E-state index is 5.95. The SMILES string of the molecule is CNC(C)c1ccc(OCC2CCC(C)(C)O2)c(OC)c1. The van der Waals surface area contributed by atoms with E-state index in [1.807, 2.05) is 19.2 Å². The van der Waals surface area contributed by atoms with Crippen LogP contribution in [0.2, 0.25) is 0 Å². The predicted octanol–water partition coefficient (Wildman–Crippen LogP) is 3.31. The molecule has 1 aromatic carbocycles. The van der Waals surface area contributed by atoms with Gasteiger partial charge in [0, 0.05) is 6.04 Å². The van der Waals surface area contributed by atoms with E-state index in [4.69, 9.17) is 14.2 Å². The molecule has 1 saturated heterocycles. The summed E-state index contributed by atoms with van der Waals surface area (Å²) in [5.41, 5.74) is 1.16. The maximum Gasteiger partial charge on any atom is 0.161 e. The van der Waals surface area contributed by atoms with Crippen molar-refractivity contribution in [3.8, 4) is 11.5 Å². The van der Waals surface area contributed by atoms with Crippen LogP contribution in [0.5, 0.6) is 11.5 Å². The van der Waals surface area contributed by atoms with Crippen LogP contribution in [0.25, 0.3) is 0 Å². The first-order chi connectivity index (χ1) is 9.95. The largest absolute Gasteiger partial charge is 0.493 e. The standard InChI is InChI=1S/C17H27NO3/c1-12(18-4)13-6-7-15(16(10-13)19-5)20-11-14-8-9-17(2,3)21-14/h6-7,10,12,14,18H,8-9,11H2,1-5H3. The molecule has 1 N–H and O–H groups in total. The molecule has 4 nitrogen and oxygen atoms in total. The van der Waals surface area contributed by atoms with Crippen LogP contribution in [0, 0.1) is 0 Å². The summed E-state index contributed by atoms with van der Waals surface area (Å²) < 4.78 is 17.3. The molecule has 2 atom stereocenters. The number of ether oxygens (including phenoxy) is 3. The Hall–Kier alpha value is -1.26. The van der Waals surface area contributed by atoms with Crippen LogP contribution in [0.4, 0.5) is 0 Å². The van der Waals surface area contributed by atoms with Gasteiger partial charge in [0.1, 0.15) is 6.61 Å². The molecule has 0 spiro atoms. The molecule has 1 fully saturated rings. The predicted molar refractivity (Wildman–Crippen MR) is 84.1 cm³/mol. The number of hydrogen-bond acceptors (Lipinski definition) is 4. The van der Waals surface area contributed by atoms with Gasteiger partial charge in [0.15, 0.2) is 11.5 Å². The second kappa shape index (κ2) is 6.67. The van der Waals surface area contributed by atoms with Crippen molar-refractivity contribution in [3.63, 3.8) is 0 Å². The van der Waals surface area contributed by atoms with Crippen molar-refractivity contribution in [3.05, 3.63) is 23.8 Å². The number of nitrogens with one attached hydrogen (secondary N) is 1. The van der Waals surface area contributed by atoms with E-state index in [0.717, 1.165) is 24.3 Å². The van der Waals surface area contributed by atoms with Gasteiger partial charge in [-0.15, -0.1) is 0 Å². The van der Waals surface area contributed by atoms with Crippen LogP contribution in [-0.4, -0.2) is 32.5 Å². The number of hydrogen-bond donors (Lipinski definition) is 1. The van der Waals surface area contributed by atoms with Crippen molar-refractivity contribution >= 4 is 0 Å². The average molecular weight is 293 g/mol. The first-order valence-electron chi connectivity index (χ1n) is 7.61. The molecule has 2 unspecified atom stereocenters. The summed E-state index contributed by atoms with van der Waals surface area (Å²) in [6.45, 7) is 6.94. The van der Waals surface area contributed by atoms with Crippen molar-refractivity contribution in [1.29, 1.82) is 0 Å². The zero-order valence-electron chi connectivity index (χ0n) is 13.7. The molecule has 1 aromatic rings. The lowest BCUT2D eigenvalue weighted by atomic mass is 10.1. The smallest absolute Gasteiger partial charge is 0.161 e. The molecule has 1 aliphatic rings. The first kappa shape index (κ1) is 16.1. The molecule has 0 bridgehead atoms. The van der Waals surface area contributed by atoms with Crippen LogP contribution in [0.3, 0.4) is 0 Å². The lowest BCUT2D eigenvalue weighted by Gasteiger charge is -2.20. The molecule has 118 valence electrons. The zero-order chi connectivity index (χ0) is 15.5. The summed E-state index contributed by atoms with van der Waals surface area (Å²) >= 11 is 0. The molecule has 1 aliphatic heterocycles. The Morgan fingerprint density at radius 3 is 2.71 bits per heavy atom. The van der Waals surface area contributed by atoms with Gasteiger partial charge in [0.05, 0.1) is 18.8 Å². The highest BCUT2D eigenvalue weighted by Crippen LogP contribution is 2.33. The zero-order valence-corrected chi connectivity index (χ0v) is 13.7. The fourth-order valence-corrected chi connectivity index (χ4v) is 2.62. The molecule has 1 heterocycles. The van der Waals surface area contributed by atoms with E-state index >= 15 is 0 Å². The first-order valence-corrected chi connectivity index (χ1v) is 7.61. The van der Waals surface area contributed by atoms with E-state index in [1.54, 1.807) is 7.11 Å². The van der Waals surface area contributed by atoms with E-state index in [-0.39, 0.29) is 17.7 Å². The Balaban J connectivity index is 2.00. The number of rotatable bonds is 6. The minimum absolute atomic E-state index is 0.0236. The Bertz CT molecular complexity index is 473. The summed E-state index contributed by atoms with van der Waals surface area (Å²) in [5.74, 6) is 1.55. The minimum Gasteiger partial charge on any atom is -0.493 e. The molecular formula is C17H27NO3. The van der Waals surface area contributed by atoms with Crippen LogP contribution in [0.15, 0.2) is 18.2 Å². The van der Waals surface area contributed by atoms with Crippen molar-refractivity contribution in [2.75, 3.05) is 20.8 Å². The highest BCUT2D eigenvalue weighted by molar-refractivity contribution is 5.43. The summed E-state index contributed by atoms with van der Waals surface area (Å²) in [6.07, 6.45) is 2.29. The topological polar surface area (TPSA) is 39.7 Å². The van der Waals surface area contributed by atoms with Gasteiger partial charge in [-0.1, -0.05) is 6.07 Å². The monoisotopic (exact) mass is 293 g/mol. The quantitative estimate of drug-likeness (QED) is 0.873. The van der Waals surface area contributed by atoms with Gasteiger partial charge >= 0.3 is 0 Å². The highest BCUT2D eigenvalue weighted by atomic mass is 16.6. The molecule has 4 heteroatoms. The van der Waals surface area contributed by atoms with Gasteiger partial charge in [0.2, 0.25) is 0 Å². The van der Waals surface area contributed by atoms with Crippen LogP contribution in [-0.2, 0) is 4.74 Å². The Labute approximate surface area is 127 Å². The number of benzene rings is 1. The van der Waals surface area contributed by atoms with E-state index in [1.165, 1.54) is 5.56 Å². The Morgan fingerprint density at radius 2 is 2.14 bits per heavy atom. The summed E-state index contributed by atoms with van der Waals surface area (Å²) in [7, 11) is 3.62. The van der Waals surface area contributed by atoms with Crippen molar-refractivity contribution in [2.45, 2.75) is 51.4 Å². The molecular weight excluding hydrogens is 266 g/mol. The van der Waals surface area contributed by atoms with Crippen LogP contribution in [0.1, 0.15) is 45.2 Å². The van der Waals surface area contributed by atoms with Crippen molar-refractivity contribution < 1.29 is 14.2 Å². The lowest BCUT2D eigenvalue weighted by molar-refractivity contribution is -0.0329. The van der Waals surface area contributed by atoms with E-state index < -0.39 is 0 Å². The summed E-state index contributed by atoms with van der Waals surface area (Å²) in [4.78, 5) is 0. The third-order valence-corrected chi connectivity index (χ3v) is 4.10. The second-order valence-electron chi connectivity index (χ2n) is 6.27. The molecule has 21 heavy (non-hydrogen) atoms. The van der Waals surface area contributed by atoms with Crippen molar-refractivity contribution in [2.24, 2.45) is 0 Å². The van der Waals surface area contributed by atoms with Crippen LogP contribution >= 0.6 is 0 Å². The van der Waals surface area contributed by atoms with Gasteiger partial charge in [-0.3, -0.25) is 0 Å². The van der Waals surface area contributed by atoms with Gasteiger partial charge in [-0.2, -0.15) is 0 Å². The molecule has 0 radical (unpaired) electrons. The van der Waals surface area contributed by atoms with Crippen molar-refractivity contribution in [1.82, 2.24) is 5.32 Å². The maximum atomic E-state index is 5.95. The molecule has 0 amide bonds. The second-order valence-corrected chi connectivity index (χ2v) is 6.27. The normalized spacial score (nSPS) is 22.0. The average Bonchev–Trinajstić information content (AvgIpc) is 2.83. The highest BCUT2D eigenvalue weighted by Gasteiger charge is 2.32. The number of methoxy groups -OCH3 is 1. The Kier molecular flexibility index (Phi) is 5.12. The third kappa shape index (κ3) is 4.11.